The van der Waals surface area contributed by atoms with Crippen LogP contribution >= 0.6 is 24.0 Å². The molecule has 3 nitrogen and oxygen atoms in total. The van der Waals surface area contributed by atoms with E-state index < -0.39 is 0 Å². The fraction of sp³-hybridized carbons (Fsp3) is 0.538. The van der Waals surface area contributed by atoms with Crippen molar-refractivity contribution in [1.82, 2.24) is 4.90 Å². The van der Waals surface area contributed by atoms with Crippen LogP contribution in [0.2, 0.25) is 5.02 Å². The molecule has 2 N–H and O–H groups in total. The molecule has 0 bridgehead atoms. The van der Waals surface area contributed by atoms with Gasteiger partial charge in [-0.1, -0.05) is 23.7 Å². The summed E-state index contributed by atoms with van der Waals surface area (Å²) in [7, 11) is 0. The van der Waals surface area contributed by atoms with Crippen LogP contribution in [-0.4, -0.2) is 37.2 Å². The molecule has 0 saturated carbocycles. The molecule has 1 aliphatic rings. The van der Waals surface area contributed by atoms with Crippen molar-refractivity contribution in [2.45, 2.75) is 18.9 Å². The number of benzene rings is 1. The van der Waals surface area contributed by atoms with Crippen LogP contribution in [0.4, 0.5) is 0 Å². The molecule has 0 atom stereocenters. The molecule has 18 heavy (non-hydrogen) atoms. The molecule has 0 aliphatic carbocycles. The van der Waals surface area contributed by atoms with Gasteiger partial charge in [-0.25, -0.2) is 0 Å². The molecule has 1 saturated heterocycles. The Bertz CT molecular complexity index is 355. The van der Waals surface area contributed by atoms with E-state index in [2.05, 4.69) is 4.90 Å². The van der Waals surface area contributed by atoms with E-state index in [4.69, 9.17) is 22.1 Å². The highest BCUT2D eigenvalue weighted by molar-refractivity contribution is 6.32. The van der Waals surface area contributed by atoms with Gasteiger partial charge < -0.3 is 10.5 Å². The summed E-state index contributed by atoms with van der Waals surface area (Å²) < 4.78 is 5.66. The molecule has 1 fully saturated rings. The molecule has 1 aromatic carbocycles. The van der Waals surface area contributed by atoms with Gasteiger partial charge in [0.1, 0.15) is 12.4 Å². The summed E-state index contributed by atoms with van der Waals surface area (Å²) in [4.78, 5) is 2.39. The molecule has 0 aromatic heterocycles. The van der Waals surface area contributed by atoms with Crippen LogP contribution in [0.25, 0.3) is 0 Å². The number of ether oxygens (including phenoxy) is 1. The van der Waals surface area contributed by atoms with Gasteiger partial charge in [0.15, 0.2) is 0 Å². The normalized spacial score (nSPS) is 17.2. The van der Waals surface area contributed by atoms with E-state index in [1.54, 1.807) is 0 Å². The Morgan fingerprint density at radius 3 is 2.61 bits per heavy atom. The van der Waals surface area contributed by atoms with Crippen LogP contribution < -0.4 is 10.5 Å². The van der Waals surface area contributed by atoms with Gasteiger partial charge in [0.25, 0.3) is 0 Å². The number of hydrogen-bond acceptors (Lipinski definition) is 3. The third-order valence-electron chi connectivity index (χ3n) is 3.13. The van der Waals surface area contributed by atoms with Crippen molar-refractivity contribution in [3.63, 3.8) is 0 Å². The van der Waals surface area contributed by atoms with Gasteiger partial charge in [0, 0.05) is 12.6 Å². The third-order valence-corrected chi connectivity index (χ3v) is 3.45. The maximum Gasteiger partial charge on any atom is 0.137 e. The number of nitrogens with zero attached hydrogens (tertiary/aromatic N) is 1. The summed E-state index contributed by atoms with van der Waals surface area (Å²) in [6.45, 7) is 3.77. The Labute approximate surface area is 120 Å². The topological polar surface area (TPSA) is 38.5 Å². The Balaban J connectivity index is 0.00000162. The first-order valence-corrected chi connectivity index (χ1v) is 6.49. The van der Waals surface area contributed by atoms with E-state index in [1.807, 2.05) is 24.3 Å². The summed E-state index contributed by atoms with van der Waals surface area (Å²) in [6, 6.07) is 7.96. The summed E-state index contributed by atoms with van der Waals surface area (Å²) in [5.41, 5.74) is 5.86. The van der Waals surface area contributed by atoms with Crippen LogP contribution in [0.1, 0.15) is 12.8 Å². The number of para-hydroxylation sites is 1. The van der Waals surface area contributed by atoms with E-state index in [0.717, 1.165) is 38.2 Å². The van der Waals surface area contributed by atoms with E-state index >= 15 is 0 Å². The summed E-state index contributed by atoms with van der Waals surface area (Å²) >= 11 is 6.01. The number of nitrogens with two attached hydrogens (primary N) is 1. The molecule has 2 rings (SSSR count). The fourth-order valence-electron chi connectivity index (χ4n) is 2.02. The van der Waals surface area contributed by atoms with Crippen LogP contribution in [0.5, 0.6) is 5.75 Å². The highest BCUT2D eigenvalue weighted by Crippen LogP contribution is 2.22. The van der Waals surface area contributed by atoms with Crippen molar-refractivity contribution in [2.75, 3.05) is 26.2 Å². The third kappa shape index (κ3) is 4.65. The zero-order chi connectivity index (χ0) is 12.1. The zero-order valence-corrected chi connectivity index (χ0v) is 11.9. The highest BCUT2D eigenvalue weighted by Gasteiger charge is 2.15. The van der Waals surface area contributed by atoms with Gasteiger partial charge in [-0.15, -0.1) is 12.4 Å². The molecule has 0 spiro atoms. The standard InChI is InChI=1S/C13H19ClN2O.ClH/c14-12-3-1-2-4-13(12)17-10-9-16-7-5-11(15)6-8-16;/h1-4,11H,5-10,15H2;1H. The SMILES string of the molecule is Cl.NC1CCN(CCOc2ccccc2Cl)CC1. The van der Waals surface area contributed by atoms with E-state index in [9.17, 15) is 0 Å². The van der Waals surface area contributed by atoms with Crippen molar-refractivity contribution in [3.8, 4) is 5.75 Å². The average Bonchev–Trinajstić information content (AvgIpc) is 2.34. The van der Waals surface area contributed by atoms with Crippen molar-refractivity contribution in [2.24, 2.45) is 5.73 Å². The number of piperidine rings is 1. The van der Waals surface area contributed by atoms with Gasteiger partial charge >= 0.3 is 0 Å². The molecule has 0 radical (unpaired) electrons. The summed E-state index contributed by atoms with van der Waals surface area (Å²) in [5, 5.41) is 0.674. The lowest BCUT2D eigenvalue weighted by Gasteiger charge is -2.29. The van der Waals surface area contributed by atoms with Gasteiger partial charge in [0.05, 0.1) is 5.02 Å². The second kappa shape index (κ2) is 7.85. The van der Waals surface area contributed by atoms with Crippen molar-refractivity contribution in [3.05, 3.63) is 29.3 Å². The van der Waals surface area contributed by atoms with Crippen LogP contribution in [0.3, 0.4) is 0 Å². The van der Waals surface area contributed by atoms with E-state index in [-0.39, 0.29) is 12.4 Å². The van der Waals surface area contributed by atoms with Gasteiger partial charge in [-0.2, -0.15) is 0 Å². The maximum atomic E-state index is 6.01. The molecule has 5 heteroatoms. The van der Waals surface area contributed by atoms with Gasteiger partial charge in [-0.05, 0) is 38.1 Å². The minimum absolute atomic E-state index is 0. The Morgan fingerprint density at radius 1 is 1.28 bits per heavy atom. The molecule has 102 valence electrons. The van der Waals surface area contributed by atoms with E-state index in [1.165, 1.54) is 0 Å². The maximum absolute atomic E-state index is 6.01. The minimum Gasteiger partial charge on any atom is -0.491 e. The van der Waals surface area contributed by atoms with E-state index in [0.29, 0.717) is 17.7 Å². The number of halogens is 2. The van der Waals surface area contributed by atoms with Crippen molar-refractivity contribution >= 4 is 24.0 Å². The first-order valence-electron chi connectivity index (χ1n) is 6.11. The molecule has 0 unspecified atom stereocenters. The quantitative estimate of drug-likeness (QED) is 0.926. The van der Waals surface area contributed by atoms with Crippen LogP contribution in [0.15, 0.2) is 24.3 Å². The number of rotatable bonds is 4. The Morgan fingerprint density at radius 2 is 1.94 bits per heavy atom. The lowest BCUT2D eigenvalue weighted by molar-refractivity contribution is 0.174. The van der Waals surface area contributed by atoms with Crippen LogP contribution in [-0.2, 0) is 0 Å². The van der Waals surface area contributed by atoms with Gasteiger partial charge in [0.2, 0.25) is 0 Å². The Kier molecular flexibility index (Phi) is 6.79. The van der Waals surface area contributed by atoms with Gasteiger partial charge in [-0.3, -0.25) is 4.90 Å². The lowest BCUT2D eigenvalue weighted by Crippen LogP contribution is -2.41. The predicted molar refractivity (Wildman–Crippen MR) is 77.8 cm³/mol. The monoisotopic (exact) mass is 290 g/mol. The average molecular weight is 291 g/mol. The highest BCUT2D eigenvalue weighted by atomic mass is 35.5. The molecular formula is C13H20Cl2N2O. The molecule has 1 aromatic rings. The zero-order valence-electron chi connectivity index (χ0n) is 10.3. The summed E-state index contributed by atoms with van der Waals surface area (Å²) in [5.74, 6) is 0.767. The molecule has 0 amide bonds. The molecule has 1 aliphatic heterocycles. The first-order chi connectivity index (χ1) is 8.25. The first kappa shape index (κ1) is 15.6. The van der Waals surface area contributed by atoms with Crippen LogP contribution in [0, 0.1) is 0 Å². The number of likely N-dealkylation sites (tertiary alicyclic amines) is 1. The van der Waals surface area contributed by atoms with Crippen molar-refractivity contribution < 1.29 is 4.74 Å². The second-order valence-electron chi connectivity index (χ2n) is 4.46. The van der Waals surface area contributed by atoms with Crippen molar-refractivity contribution in [1.29, 1.82) is 0 Å². The second-order valence-corrected chi connectivity index (χ2v) is 4.87. The summed E-state index contributed by atoms with van der Waals surface area (Å²) in [6.07, 6.45) is 2.18. The number of hydrogen-bond donors (Lipinski definition) is 1. The predicted octanol–water partition coefficient (Wildman–Crippen LogP) is 2.56. The largest absolute Gasteiger partial charge is 0.491 e. The Hall–Kier alpha value is -0.480. The fourth-order valence-corrected chi connectivity index (χ4v) is 2.21. The smallest absolute Gasteiger partial charge is 0.137 e. The minimum atomic E-state index is 0. The lowest BCUT2D eigenvalue weighted by atomic mass is 10.1. The molecule has 1 heterocycles. The molecular weight excluding hydrogens is 271 g/mol.